The summed E-state index contributed by atoms with van der Waals surface area (Å²) in [5, 5.41) is 0. The van der Waals surface area contributed by atoms with Gasteiger partial charge in [0, 0.05) is 6.04 Å². The summed E-state index contributed by atoms with van der Waals surface area (Å²) in [6.07, 6.45) is 6.58. The van der Waals surface area contributed by atoms with Gasteiger partial charge >= 0.3 is 0 Å². The first-order valence-electron chi connectivity index (χ1n) is 7.77. The van der Waals surface area contributed by atoms with Gasteiger partial charge in [0.25, 0.3) is 0 Å². The van der Waals surface area contributed by atoms with E-state index in [1.54, 1.807) is 0 Å². The topological polar surface area (TPSA) is 26.0 Å². The Labute approximate surface area is 118 Å². The molecule has 0 aliphatic heterocycles. The third-order valence-electron chi connectivity index (χ3n) is 4.83. The quantitative estimate of drug-likeness (QED) is 0.817. The van der Waals surface area contributed by atoms with Crippen molar-refractivity contribution in [3.05, 3.63) is 34.9 Å². The molecule has 0 bridgehead atoms. The highest BCUT2D eigenvalue weighted by molar-refractivity contribution is 5.34. The van der Waals surface area contributed by atoms with Gasteiger partial charge in [-0.3, -0.25) is 0 Å². The molecule has 0 saturated heterocycles. The summed E-state index contributed by atoms with van der Waals surface area (Å²) >= 11 is 0. The summed E-state index contributed by atoms with van der Waals surface area (Å²) < 4.78 is 0. The van der Waals surface area contributed by atoms with Gasteiger partial charge < -0.3 is 5.73 Å². The number of hydrogen-bond acceptors (Lipinski definition) is 1. The largest absolute Gasteiger partial charge is 0.323 e. The van der Waals surface area contributed by atoms with Crippen LogP contribution in [0.5, 0.6) is 0 Å². The van der Waals surface area contributed by atoms with Gasteiger partial charge in [-0.15, -0.1) is 0 Å². The molecule has 1 atom stereocenters. The van der Waals surface area contributed by atoms with Gasteiger partial charge in [0.05, 0.1) is 0 Å². The first-order valence-corrected chi connectivity index (χ1v) is 7.77. The van der Waals surface area contributed by atoms with Crippen molar-refractivity contribution in [2.45, 2.75) is 65.8 Å². The lowest BCUT2D eigenvalue weighted by atomic mass is 9.70. The van der Waals surface area contributed by atoms with E-state index >= 15 is 0 Å². The minimum Gasteiger partial charge on any atom is -0.323 e. The second kappa shape index (κ2) is 5.66. The van der Waals surface area contributed by atoms with E-state index in [9.17, 15) is 0 Å². The lowest BCUT2D eigenvalue weighted by Crippen LogP contribution is -2.34. The van der Waals surface area contributed by atoms with E-state index in [4.69, 9.17) is 5.73 Å². The summed E-state index contributed by atoms with van der Waals surface area (Å²) in [7, 11) is 0. The Kier molecular flexibility index (Phi) is 4.35. The van der Waals surface area contributed by atoms with Crippen LogP contribution < -0.4 is 5.73 Å². The second-order valence-electron chi connectivity index (χ2n) is 7.01. The van der Waals surface area contributed by atoms with Gasteiger partial charge in [-0.05, 0) is 55.6 Å². The molecule has 19 heavy (non-hydrogen) atoms. The van der Waals surface area contributed by atoms with Crippen molar-refractivity contribution in [2.24, 2.45) is 17.1 Å². The molecule has 1 saturated carbocycles. The molecule has 1 heteroatoms. The standard InChI is InChI=1S/C18H29N/c1-13(2)12-18(9-5-6-10-18)17(19)16-8-7-14(3)11-15(16)4/h7-8,11,13,17H,5-6,9-10,12,19H2,1-4H3. The Balaban J connectivity index is 2.31. The first-order chi connectivity index (χ1) is 8.94. The molecule has 0 spiro atoms. The molecule has 0 aromatic heterocycles. The number of rotatable bonds is 4. The Morgan fingerprint density at radius 2 is 1.79 bits per heavy atom. The van der Waals surface area contributed by atoms with E-state index in [0.29, 0.717) is 5.41 Å². The fraction of sp³-hybridized carbons (Fsp3) is 0.667. The third kappa shape index (κ3) is 3.02. The molecule has 1 aliphatic rings. The summed E-state index contributed by atoms with van der Waals surface area (Å²) in [6, 6.07) is 6.95. The van der Waals surface area contributed by atoms with Crippen molar-refractivity contribution >= 4 is 0 Å². The molecule has 0 radical (unpaired) electrons. The first kappa shape index (κ1) is 14.6. The summed E-state index contributed by atoms with van der Waals surface area (Å²) in [5.74, 6) is 0.731. The Hall–Kier alpha value is -0.820. The molecular weight excluding hydrogens is 230 g/mol. The molecule has 2 rings (SSSR count). The maximum Gasteiger partial charge on any atom is 0.0354 e. The Bertz CT molecular complexity index is 427. The van der Waals surface area contributed by atoms with Crippen LogP contribution in [0.2, 0.25) is 0 Å². The van der Waals surface area contributed by atoms with Crippen molar-refractivity contribution in [1.29, 1.82) is 0 Å². The molecule has 1 aromatic rings. The lowest BCUT2D eigenvalue weighted by Gasteiger charge is -2.38. The monoisotopic (exact) mass is 259 g/mol. The van der Waals surface area contributed by atoms with Crippen LogP contribution in [0, 0.1) is 25.2 Å². The third-order valence-corrected chi connectivity index (χ3v) is 4.83. The van der Waals surface area contributed by atoms with Crippen molar-refractivity contribution in [3.63, 3.8) is 0 Å². The Morgan fingerprint density at radius 3 is 2.32 bits per heavy atom. The molecule has 1 fully saturated rings. The molecule has 1 aliphatic carbocycles. The fourth-order valence-corrected chi connectivity index (χ4v) is 4.04. The lowest BCUT2D eigenvalue weighted by molar-refractivity contribution is 0.183. The van der Waals surface area contributed by atoms with Crippen LogP contribution in [0.4, 0.5) is 0 Å². The summed E-state index contributed by atoms with van der Waals surface area (Å²) in [6.45, 7) is 9.02. The van der Waals surface area contributed by atoms with E-state index < -0.39 is 0 Å². The summed E-state index contributed by atoms with van der Waals surface area (Å²) in [5.41, 5.74) is 11.1. The van der Waals surface area contributed by atoms with Gasteiger partial charge in [-0.1, -0.05) is 50.5 Å². The van der Waals surface area contributed by atoms with Crippen LogP contribution >= 0.6 is 0 Å². The van der Waals surface area contributed by atoms with Crippen LogP contribution in [0.25, 0.3) is 0 Å². The van der Waals surface area contributed by atoms with Crippen molar-refractivity contribution < 1.29 is 0 Å². The van der Waals surface area contributed by atoms with Gasteiger partial charge in [0.1, 0.15) is 0 Å². The second-order valence-corrected chi connectivity index (χ2v) is 7.01. The number of benzene rings is 1. The minimum atomic E-state index is 0.206. The predicted molar refractivity (Wildman–Crippen MR) is 83.2 cm³/mol. The SMILES string of the molecule is Cc1ccc(C(N)C2(CC(C)C)CCCC2)c(C)c1. The maximum absolute atomic E-state index is 6.73. The van der Waals surface area contributed by atoms with Gasteiger partial charge in [-0.25, -0.2) is 0 Å². The average Bonchev–Trinajstić information content (AvgIpc) is 2.77. The average molecular weight is 259 g/mol. The van der Waals surface area contributed by atoms with E-state index in [2.05, 4.69) is 45.9 Å². The van der Waals surface area contributed by atoms with E-state index in [1.165, 1.54) is 48.8 Å². The van der Waals surface area contributed by atoms with Crippen LogP contribution in [-0.2, 0) is 0 Å². The van der Waals surface area contributed by atoms with E-state index in [1.807, 2.05) is 0 Å². The van der Waals surface area contributed by atoms with Crippen LogP contribution in [0.15, 0.2) is 18.2 Å². The van der Waals surface area contributed by atoms with Crippen molar-refractivity contribution in [3.8, 4) is 0 Å². The molecule has 1 unspecified atom stereocenters. The number of hydrogen-bond donors (Lipinski definition) is 1. The highest BCUT2D eigenvalue weighted by atomic mass is 14.7. The Morgan fingerprint density at radius 1 is 1.16 bits per heavy atom. The zero-order valence-corrected chi connectivity index (χ0v) is 13.0. The zero-order valence-electron chi connectivity index (χ0n) is 13.0. The maximum atomic E-state index is 6.73. The van der Waals surface area contributed by atoms with Gasteiger partial charge in [0.15, 0.2) is 0 Å². The zero-order chi connectivity index (χ0) is 14.0. The van der Waals surface area contributed by atoms with Crippen LogP contribution in [0.1, 0.15) is 68.7 Å². The smallest absolute Gasteiger partial charge is 0.0354 e. The molecule has 106 valence electrons. The van der Waals surface area contributed by atoms with E-state index in [-0.39, 0.29) is 6.04 Å². The molecule has 1 aromatic carbocycles. The highest BCUT2D eigenvalue weighted by Crippen LogP contribution is 2.51. The molecular formula is C18H29N. The molecule has 2 N–H and O–H groups in total. The number of nitrogens with two attached hydrogens (primary N) is 1. The predicted octanol–water partition coefficient (Wildman–Crippen LogP) is 4.91. The van der Waals surface area contributed by atoms with Crippen LogP contribution in [-0.4, -0.2) is 0 Å². The van der Waals surface area contributed by atoms with Crippen molar-refractivity contribution in [2.75, 3.05) is 0 Å². The van der Waals surface area contributed by atoms with Gasteiger partial charge in [0.2, 0.25) is 0 Å². The molecule has 0 amide bonds. The molecule has 0 heterocycles. The summed E-state index contributed by atoms with van der Waals surface area (Å²) in [4.78, 5) is 0. The normalized spacial score (nSPS) is 19.9. The minimum absolute atomic E-state index is 0.206. The van der Waals surface area contributed by atoms with Crippen LogP contribution in [0.3, 0.4) is 0 Å². The highest BCUT2D eigenvalue weighted by Gasteiger charge is 2.40. The van der Waals surface area contributed by atoms with Crippen molar-refractivity contribution in [1.82, 2.24) is 0 Å². The van der Waals surface area contributed by atoms with E-state index in [0.717, 1.165) is 5.92 Å². The molecule has 1 nitrogen and oxygen atoms in total. The number of aryl methyl sites for hydroxylation is 2. The van der Waals surface area contributed by atoms with Gasteiger partial charge in [-0.2, -0.15) is 0 Å². The fourth-order valence-electron chi connectivity index (χ4n) is 4.04.